The molecule has 112 valence electrons. The highest BCUT2D eigenvalue weighted by Gasteiger charge is 2.12. The van der Waals surface area contributed by atoms with Crippen LogP contribution in [0.5, 0.6) is 11.5 Å². The number of aryl methyl sites for hydroxylation is 1. The summed E-state index contributed by atoms with van der Waals surface area (Å²) in [4.78, 5) is 0. The summed E-state index contributed by atoms with van der Waals surface area (Å²) in [7, 11) is 0. The fourth-order valence-corrected chi connectivity index (χ4v) is 2.78. The van der Waals surface area contributed by atoms with Crippen LogP contribution in [0, 0.1) is 10.5 Å². The molecule has 0 spiro atoms. The summed E-state index contributed by atoms with van der Waals surface area (Å²) in [5.74, 6) is 1.41. The second-order valence-electron chi connectivity index (χ2n) is 4.77. The van der Waals surface area contributed by atoms with Crippen LogP contribution in [0.25, 0.3) is 0 Å². The Morgan fingerprint density at radius 2 is 1.76 bits per heavy atom. The Morgan fingerprint density at radius 1 is 1.05 bits per heavy atom. The Balaban J connectivity index is 2.19. The molecular weight excluding hydrogens is 379 g/mol. The molecule has 21 heavy (non-hydrogen) atoms. The normalized spacial score (nSPS) is 10.5. The number of aliphatic hydroxyl groups excluding tert-OH is 1. The highest BCUT2D eigenvalue weighted by atomic mass is 127. The van der Waals surface area contributed by atoms with Crippen LogP contribution in [0.1, 0.15) is 23.6 Å². The zero-order valence-corrected chi connectivity index (χ0v) is 14.4. The Bertz CT molecular complexity index is 594. The molecule has 4 heteroatoms. The Kier molecular flexibility index (Phi) is 5.87. The second-order valence-corrected chi connectivity index (χ2v) is 5.93. The van der Waals surface area contributed by atoms with Crippen LogP contribution in [0.4, 0.5) is 0 Å². The van der Waals surface area contributed by atoms with E-state index in [4.69, 9.17) is 9.47 Å². The number of hydrogen-bond donors (Lipinski definition) is 1. The SMILES string of the molecule is CCOc1cc(CO)cc(I)c1OCc1ccc(C)cc1. The van der Waals surface area contributed by atoms with Crippen LogP contribution >= 0.6 is 22.6 Å². The molecule has 0 atom stereocenters. The molecule has 0 saturated heterocycles. The van der Waals surface area contributed by atoms with Gasteiger partial charge in [-0.1, -0.05) is 29.8 Å². The summed E-state index contributed by atoms with van der Waals surface area (Å²) in [6.07, 6.45) is 0. The van der Waals surface area contributed by atoms with Gasteiger partial charge in [-0.25, -0.2) is 0 Å². The van der Waals surface area contributed by atoms with E-state index < -0.39 is 0 Å². The van der Waals surface area contributed by atoms with E-state index in [-0.39, 0.29) is 6.61 Å². The van der Waals surface area contributed by atoms with E-state index >= 15 is 0 Å². The van der Waals surface area contributed by atoms with Crippen molar-refractivity contribution in [1.29, 1.82) is 0 Å². The number of hydrogen-bond acceptors (Lipinski definition) is 3. The fourth-order valence-electron chi connectivity index (χ4n) is 1.96. The number of ether oxygens (including phenoxy) is 2. The molecule has 2 aromatic carbocycles. The van der Waals surface area contributed by atoms with Crippen molar-refractivity contribution in [2.45, 2.75) is 27.1 Å². The number of halogens is 1. The number of aliphatic hydroxyl groups is 1. The van der Waals surface area contributed by atoms with Crippen molar-refractivity contribution in [3.05, 3.63) is 56.7 Å². The van der Waals surface area contributed by atoms with E-state index in [1.54, 1.807) is 0 Å². The maximum absolute atomic E-state index is 9.28. The van der Waals surface area contributed by atoms with Crippen molar-refractivity contribution in [3.8, 4) is 11.5 Å². The summed E-state index contributed by atoms with van der Waals surface area (Å²) in [5.41, 5.74) is 3.17. The first-order chi connectivity index (χ1) is 10.1. The van der Waals surface area contributed by atoms with Gasteiger partial charge in [-0.05, 0) is 59.7 Å². The number of benzene rings is 2. The van der Waals surface area contributed by atoms with Gasteiger partial charge in [-0.3, -0.25) is 0 Å². The molecule has 0 aliphatic heterocycles. The molecule has 0 fully saturated rings. The molecule has 3 nitrogen and oxygen atoms in total. The van der Waals surface area contributed by atoms with Crippen molar-refractivity contribution >= 4 is 22.6 Å². The Labute approximate surface area is 139 Å². The van der Waals surface area contributed by atoms with Gasteiger partial charge in [0.2, 0.25) is 0 Å². The third-order valence-electron chi connectivity index (χ3n) is 3.06. The summed E-state index contributed by atoms with van der Waals surface area (Å²) < 4.78 is 12.5. The van der Waals surface area contributed by atoms with Crippen LogP contribution in [0.3, 0.4) is 0 Å². The lowest BCUT2D eigenvalue weighted by Gasteiger charge is -2.15. The zero-order valence-electron chi connectivity index (χ0n) is 12.2. The van der Waals surface area contributed by atoms with Crippen LogP contribution in [0.15, 0.2) is 36.4 Å². The topological polar surface area (TPSA) is 38.7 Å². The summed E-state index contributed by atoms with van der Waals surface area (Å²) >= 11 is 2.21. The van der Waals surface area contributed by atoms with Crippen molar-refractivity contribution in [2.24, 2.45) is 0 Å². The molecule has 0 heterocycles. The van der Waals surface area contributed by atoms with Crippen molar-refractivity contribution < 1.29 is 14.6 Å². The van der Waals surface area contributed by atoms with Gasteiger partial charge in [0.15, 0.2) is 11.5 Å². The Hall–Kier alpha value is -1.27. The zero-order chi connectivity index (χ0) is 15.2. The minimum atomic E-state index is -0.00564. The van der Waals surface area contributed by atoms with Gasteiger partial charge in [0.1, 0.15) is 6.61 Å². The first-order valence-electron chi connectivity index (χ1n) is 6.88. The summed E-state index contributed by atoms with van der Waals surface area (Å²) in [6.45, 7) is 5.05. The maximum atomic E-state index is 9.28. The van der Waals surface area contributed by atoms with Crippen LogP contribution in [0.2, 0.25) is 0 Å². The average molecular weight is 398 g/mol. The summed E-state index contributed by atoms with van der Waals surface area (Å²) in [5, 5.41) is 9.28. The van der Waals surface area contributed by atoms with E-state index in [0.717, 1.165) is 20.4 Å². The Morgan fingerprint density at radius 3 is 2.38 bits per heavy atom. The predicted octanol–water partition coefficient (Wildman–Crippen LogP) is 4.07. The van der Waals surface area contributed by atoms with Crippen molar-refractivity contribution in [3.63, 3.8) is 0 Å². The van der Waals surface area contributed by atoms with E-state index in [9.17, 15) is 5.11 Å². The molecule has 0 bridgehead atoms. The van der Waals surface area contributed by atoms with E-state index in [1.807, 2.05) is 19.1 Å². The second kappa shape index (κ2) is 7.66. The molecule has 0 aromatic heterocycles. The van der Waals surface area contributed by atoms with E-state index in [0.29, 0.717) is 19.0 Å². The van der Waals surface area contributed by atoms with Gasteiger partial charge in [-0.2, -0.15) is 0 Å². The molecule has 0 radical (unpaired) electrons. The minimum Gasteiger partial charge on any atom is -0.490 e. The predicted molar refractivity (Wildman–Crippen MR) is 91.8 cm³/mol. The van der Waals surface area contributed by atoms with Gasteiger partial charge in [-0.15, -0.1) is 0 Å². The smallest absolute Gasteiger partial charge is 0.174 e. The first kappa shape index (κ1) is 16.1. The molecule has 0 unspecified atom stereocenters. The van der Waals surface area contributed by atoms with Crippen LogP contribution < -0.4 is 9.47 Å². The number of rotatable bonds is 6. The maximum Gasteiger partial charge on any atom is 0.174 e. The lowest BCUT2D eigenvalue weighted by Crippen LogP contribution is -2.02. The van der Waals surface area contributed by atoms with Gasteiger partial charge >= 0.3 is 0 Å². The van der Waals surface area contributed by atoms with Crippen LogP contribution in [-0.4, -0.2) is 11.7 Å². The average Bonchev–Trinajstić information content (AvgIpc) is 2.48. The third-order valence-corrected chi connectivity index (χ3v) is 3.86. The highest BCUT2D eigenvalue weighted by Crippen LogP contribution is 2.34. The minimum absolute atomic E-state index is 0.00564. The van der Waals surface area contributed by atoms with Gasteiger partial charge < -0.3 is 14.6 Å². The largest absolute Gasteiger partial charge is 0.490 e. The molecule has 0 amide bonds. The third kappa shape index (κ3) is 4.35. The van der Waals surface area contributed by atoms with E-state index in [2.05, 4.69) is 53.8 Å². The molecule has 0 aliphatic carbocycles. The van der Waals surface area contributed by atoms with Gasteiger partial charge in [0, 0.05) is 0 Å². The molecule has 2 aromatic rings. The van der Waals surface area contributed by atoms with Gasteiger partial charge in [0.05, 0.1) is 16.8 Å². The monoisotopic (exact) mass is 398 g/mol. The molecule has 2 rings (SSSR count). The van der Waals surface area contributed by atoms with E-state index in [1.165, 1.54) is 5.56 Å². The fraction of sp³-hybridized carbons (Fsp3) is 0.294. The first-order valence-corrected chi connectivity index (χ1v) is 7.96. The van der Waals surface area contributed by atoms with Crippen LogP contribution in [-0.2, 0) is 13.2 Å². The molecule has 0 aliphatic rings. The van der Waals surface area contributed by atoms with Crippen molar-refractivity contribution in [2.75, 3.05) is 6.61 Å². The summed E-state index contributed by atoms with van der Waals surface area (Å²) in [6, 6.07) is 12.0. The lowest BCUT2D eigenvalue weighted by molar-refractivity contribution is 0.262. The quantitative estimate of drug-likeness (QED) is 0.746. The lowest BCUT2D eigenvalue weighted by atomic mass is 10.1. The standard InChI is InChI=1S/C17H19IO3/c1-3-20-16-9-14(10-19)8-15(18)17(16)21-11-13-6-4-12(2)5-7-13/h4-9,19H,3,10-11H2,1-2H3. The molecular formula is C17H19IO3. The molecule has 0 saturated carbocycles. The molecule has 1 N–H and O–H groups in total. The van der Waals surface area contributed by atoms with Crippen molar-refractivity contribution in [1.82, 2.24) is 0 Å². The highest BCUT2D eigenvalue weighted by molar-refractivity contribution is 14.1. The van der Waals surface area contributed by atoms with Gasteiger partial charge in [0.25, 0.3) is 0 Å².